The van der Waals surface area contributed by atoms with Crippen molar-refractivity contribution in [3.63, 3.8) is 0 Å². The summed E-state index contributed by atoms with van der Waals surface area (Å²) in [5.74, 6) is -0.0340. The molecule has 0 radical (unpaired) electrons. The summed E-state index contributed by atoms with van der Waals surface area (Å²) < 4.78 is 0. The van der Waals surface area contributed by atoms with Crippen LogP contribution >= 0.6 is 11.6 Å². The molecule has 1 fully saturated rings. The van der Waals surface area contributed by atoms with Crippen LogP contribution in [0.1, 0.15) is 24.8 Å². The molecule has 4 rings (SSSR count). The smallest absolute Gasteiger partial charge is 0.323 e. The minimum Gasteiger partial charge on any atom is -0.325 e. The van der Waals surface area contributed by atoms with Crippen molar-refractivity contribution in [1.82, 2.24) is 9.97 Å². The zero-order chi connectivity index (χ0) is 16.7. The Labute approximate surface area is 143 Å². The van der Waals surface area contributed by atoms with Gasteiger partial charge >= 0.3 is 5.69 Å². The SMILES string of the molecule is O=C(Nc1ccc2[nH]c(=O)[nH]c2c1)C1(c2cccc(Cl)c2)CCC1. The zero-order valence-corrected chi connectivity index (χ0v) is 13.6. The van der Waals surface area contributed by atoms with Gasteiger partial charge in [0.2, 0.25) is 5.91 Å². The first kappa shape index (κ1) is 15.0. The Kier molecular flexibility index (Phi) is 3.46. The lowest BCUT2D eigenvalue weighted by Crippen LogP contribution is -2.46. The Morgan fingerprint density at radius 1 is 1.08 bits per heavy atom. The molecule has 1 heterocycles. The molecule has 1 amide bonds. The first-order chi connectivity index (χ1) is 11.6. The van der Waals surface area contributed by atoms with Crippen molar-refractivity contribution in [3.8, 4) is 0 Å². The van der Waals surface area contributed by atoms with Gasteiger partial charge < -0.3 is 15.3 Å². The van der Waals surface area contributed by atoms with E-state index in [9.17, 15) is 9.59 Å². The molecule has 0 atom stereocenters. The minimum absolute atomic E-state index is 0.0340. The van der Waals surface area contributed by atoms with Crippen molar-refractivity contribution in [3.05, 3.63) is 63.5 Å². The van der Waals surface area contributed by atoms with E-state index < -0.39 is 5.41 Å². The Hall–Kier alpha value is -2.53. The molecule has 0 aliphatic heterocycles. The maximum atomic E-state index is 12.9. The standard InChI is InChI=1S/C18H16ClN3O2/c19-12-4-1-3-11(9-12)18(7-2-8-18)16(23)20-13-5-6-14-15(10-13)22-17(24)21-14/h1,3-6,9-10H,2,7-8H2,(H,20,23)(H2,21,22,24). The molecule has 0 spiro atoms. The molecule has 1 aliphatic rings. The summed E-state index contributed by atoms with van der Waals surface area (Å²) in [5, 5.41) is 3.62. The summed E-state index contributed by atoms with van der Waals surface area (Å²) in [6.07, 6.45) is 2.63. The predicted molar refractivity (Wildman–Crippen MR) is 94.5 cm³/mol. The van der Waals surface area contributed by atoms with Crippen molar-refractivity contribution in [1.29, 1.82) is 0 Å². The number of carbonyl (C=O) groups excluding carboxylic acids is 1. The number of aromatic nitrogens is 2. The number of fused-ring (bicyclic) bond motifs is 1. The van der Waals surface area contributed by atoms with Gasteiger partial charge in [0.15, 0.2) is 0 Å². The van der Waals surface area contributed by atoms with Crippen LogP contribution in [0.3, 0.4) is 0 Å². The van der Waals surface area contributed by atoms with Crippen LogP contribution in [-0.2, 0) is 10.2 Å². The van der Waals surface area contributed by atoms with E-state index >= 15 is 0 Å². The summed E-state index contributed by atoms with van der Waals surface area (Å²) in [7, 11) is 0. The van der Waals surface area contributed by atoms with Gasteiger partial charge in [-0.1, -0.05) is 30.2 Å². The van der Waals surface area contributed by atoms with E-state index in [4.69, 9.17) is 11.6 Å². The van der Waals surface area contributed by atoms with Gasteiger partial charge in [-0.05, 0) is 48.7 Å². The van der Waals surface area contributed by atoms with Gasteiger partial charge in [-0.3, -0.25) is 4.79 Å². The molecule has 0 unspecified atom stereocenters. The number of benzene rings is 2. The highest BCUT2D eigenvalue weighted by Gasteiger charge is 2.45. The molecular formula is C18H16ClN3O2. The average molecular weight is 342 g/mol. The third kappa shape index (κ3) is 2.41. The number of carbonyl (C=O) groups is 1. The largest absolute Gasteiger partial charge is 0.325 e. The van der Waals surface area contributed by atoms with E-state index in [1.54, 1.807) is 18.2 Å². The number of amides is 1. The van der Waals surface area contributed by atoms with Crippen molar-refractivity contribution in [2.45, 2.75) is 24.7 Å². The van der Waals surface area contributed by atoms with Gasteiger partial charge in [-0.2, -0.15) is 0 Å². The molecule has 5 nitrogen and oxygen atoms in total. The Morgan fingerprint density at radius 3 is 2.58 bits per heavy atom. The number of halogens is 1. The number of nitrogens with one attached hydrogen (secondary N) is 3. The number of anilines is 1. The number of hydrogen-bond donors (Lipinski definition) is 3. The van der Waals surface area contributed by atoms with Crippen LogP contribution in [0, 0.1) is 0 Å². The molecule has 1 saturated carbocycles. The highest BCUT2D eigenvalue weighted by molar-refractivity contribution is 6.30. The van der Waals surface area contributed by atoms with E-state index in [-0.39, 0.29) is 11.6 Å². The van der Waals surface area contributed by atoms with E-state index in [0.717, 1.165) is 24.8 Å². The third-order valence-corrected chi connectivity index (χ3v) is 5.03. The third-order valence-electron chi connectivity index (χ3n) is 4.79. The molecule has 1 aromatic heterocycles. The van der Waals surface area contributed by atoms with Crippen LogP contribution in [0.2, 0.25) is 5.02 Å². The van der Waals surface area contributed by atoms with Gasteiger partial charge in [-0.25, -0.2) is 4.79 Å². The van der Waals surface area contributed by atoms with Gasteiger partial charge in [0.05, 0.1) is 16.4 Å². The topological polar surface area (TPSA) is 77.8 Å². The average Bonchev–Trinajstić information content (AvgIpc) is 2.85. The van der Waals surface area contributed by atoms with E-state index in [1.165, 1.54) is 0 Å². The normalized spacial score (nSPS) is 15.9. The highest BCUT2D eigenvalue weighted by atomic mass is 35.5. The van der Waals surface area contributed by atoms with Crippen LogP contribution in [-0.4, -0.2) is 15.9 Å². The van der Waals surface area contributed by atoms with Gasteiger partial charge in [0, 0.05) is 10.7 Å². The molecule has 3 aromatic rings. The van der Waals surface area contributed by atoms with Crippen molar-refractivity contribution < 1.29 is 4.79 Å². The second kappa shape index (κ2) is 5.53. The van der Waals surface area contributed by atoms with Crippen LogP contribution in [0.15, 0.2) is 47.3 Å². The number of imidazole rings is 1. The summed E-state index contributed by atoms with van der Waals surface area (Å²) >= 11 is 6.10. The van der Waals surface area contributed by atoms with Crippen molar-refractivity contribution >= 4 is 34.2 Å². The van der Waals surface area contributed by atoms with Crippen LogP contribution in [0.5, 0.6) is 0 Å². The number of rotatable bonds is 3. The highest BCUT2D eigenvalue weighted by Crippen LogP contribution is 2.45. The van der Waals surface area contributed by atoms with E-state index in [1.807, 2.05) is 24.3 Å². The molecule has 0 saturated heterocycles. The van der Waals surface area contributed by atoms with E-state index in [0.29, 0.717) is 21.7 Å². The lowest BCUT2D eigenvalue weighted by molar-refractivity contribution is -0.124. The van der Waals surface area contributed by atoms with E-state index in [2.05, 4.69) is 15.3 Å². The maximum absolute atomic E-state index is 12.9. The molecule has 1 aliphatic carbocycles. The monoisotopic (exact) mass is 341 g/mol. The molecule has 24 heavy (non-hydrogen) atoms. The lowest BCUT2D eigenvalue weighted by atomic mass is 9.64. The second-order valence-electron chi connectivity index (χ2n) is 6.24. The van der Waals surface area contributed by atoms with Crippen LogP contribution in [0.25, 0.3) is 11.0 Å². The Bertz CT molecular complexity index is 985. The summed E-state index contributed by atoms with van der Waals surface area (Å²) in [6.45, 7) is 0. The number of hydrogen-bond acceptors (Lipinski definition) is 2. The minimum atomic E-state index is -0.522. The first-order valence-corrected chi connectivity index (χ1v) is 8.24. The Balaban J connectivity index is 1.65. The predicted octanol–water partition coefficient (Wildman–Crippen LogP) is 3.57. The van der Waals surface area contributed by atoms with Crippen molar-refractivity contribution in [2.24, 2.45) is 0 Å². The Morgan fingerprint density at radius 2 is 1.88 bits per heavy atom. The van der Waals surface area contributed by atoms with Crippen LogP contribution in [0.4, 0.5) is 5.69 Å². The fourth-order valence-corrected chi connectivity index (χ4v) is 3.51. The zero-order valence-electron chi connectivity index (χ0n) is 12.9. The van der Waals surface area contributed by atoms with Gasteiger partial charge in [-0.15, -0.1) is 0 Å². The summed E-state index contributed by atoms with van der Waals surface area (Å²) in [5.41, 5.74) is 2.22. The van der Waals surface area contributed by atoms with Crippen LogP contribution < -0.4 is 11.0 Å². The summed E-state index contributed by atoms with van der Waals surface area (Å²) in [4.78, 5) is 29.7. The van der Waals surface area contributed by atoms with Gasteiger partial charge in [0.25, 0.3) is 0 Å². The molecule has 0 bridgehead atoms. The maximum Gasteiger partial charge on any atom is 0.323 e. The molecular weight excluding hydrogens is 326 g/mol. The number of H-pyrrole nitrogens is 2. The first-order valence-electron chi connectivity index (χ1n) is 7.86. The molecule has 6 heteroatoms. The fourth-order valence-electron chi connectivity index (χ4n) is 3.32. The van der Waals surface area contributed by atoms with Crippen molar-refractivity contribution in [2.75, 3.05) is 5.32 Å². The fraction of sp³-hybridized carbons (Fsp3) is 0.222. The summed E-state index contributed by atoms with van der Waals surface area (Å²) in [6, 6.07) is 12.8. The number of aromatic amines is 2. The second-order valence-corrected chi connectivity index (χ2v) is 6.68. The van der Waals surface area contributed by atoms with Gasteiger partial charge in [0.1, 0.15) is 0 Å². The molecule has 3 N–H and O–H groups in total. The lowest BCUT2D eigenvalue weighted by Gasteiger charge is -2.40. The molecule has 122 valence electrons. The molecule has 2 aromatic carbocycles. The quantitative estimate of drug-likeness (QED) is 0.681.